The van der Waals surface area contributed by atoms with Crippen molar-refractivity contribution in [2.75, 3.05) is 13.1 Å². The number of hydrogen-bond donors (Lipinski definition) is 2. The normalized spacial score (nSPS) is 11.4. The first-order chi connectivity index (χ1) is 9.08. The molecule has 0 aliphatic rings. The molecule has 0 radical (unpaired) electrons. The smallest absolute Gasteiger partial charge is 0.227 e. The second-order valence-electron chi connectivity index (χ2n) is 4.17. The third-order valence-electron chi connectivity index (χ3n) is 2.63. The molecule has 1 aromatic carbocycles. The maximum absolute atomic E-state index is 12.2. The highest BCUT2D eigenvalue weighted by Gasteiger charge is 2.15. The van der Waals surface area contributed by atoms with E-state index in [9.17, 15) is 4.79 Å². The van der Waals surface area contributed by atoms with Crippen molar-refractivity contribution in [3.63, 3.8) is 0 Å². The van der Waals surface area contributed by atoms with Gasteiger partial charge in [0.25, 0.3) is 0 Å². The van der Waals surface area contributed by atoms with Crippen LogP contribution in [0.25, 0.3) is 0 Å². The number of amidine groups is 1. The van der Waals surface area contributed by atoms with Gasteiger partial charge in [-0.1, -0.05) is 41.9 Å². The minimum atomic E-state index is -0.0958. The second kappa shape index (κ2) is 7.63. The highest BCUT2D eigenvalue weighted by atomic mass is 35.5. The first-order valence-electron chi connectivity index (χ1n) is 6.06. The Labute approximate surface area is 117 Å². The van der Waals surface area contributed by atoms with Crippen LogP contribution in [0.5, 0.6) is 0 Å². The van der Waals surface area contributed by atoms with E-state index in [0.29, 0.717) is 11.6 Å². The lowest BCUT2D eigenvalue weighted by atomic mass is 10.1. The predicted molar refractivity (Wildman–Crippen MR) is 75.4 cm³/mol. The third-order valence-corrected chi connectivity index (χ3v) is 3.00. The standard InChI is InChI=1S/C13H18ClN3O2/c1-2-7-17(9-12(15)16-19)13(18)8-10-5-3-4-6-11(10)14/h3-6,19H,2,7-9H2,1H3,(H2,15,16). The van der Waals surface area contributed by atoms with E-state index in [1.807, 2.05) is 25.1 Å². The van der Waals surface area contributed by atoms with E-state index < -0.39 is 0 Å². The minimum Gasteiger partial charge on any atom is -0.409 e. The maximum atomic E-state index is 12.2. The van der Waals surface area contributed by atoms with Crippen LogP contribution in [0.15, 0.2) is 29.4 Å². The molecule has 1 aromatic rings. The van der Waals surface area contributed by atoms with Crippen molar-refractivity contribution in [3.05, 3.63) is 34.9 Å². The van der Waals surface area contributed by atoms with E-state index in [1.54, 1.807) is 11.0 Å². The highest BCUT2D eigenvalue weighted by molar-refractivity contribution is 6.31. The van der Waals surface area contributed by atoms with Gasteiger partial charge in [0.1, 0.15) is 0 Å². The Kier molecular flexibility index (Phi) is 6.15. The number of amides is 1. The van der Waals surface area contributed by atoms with Crippen molar-refractivity contribution in [2.45, 2.75) is 19.8 Å². The molecule has 19 heavy (non-hydrogen) atoms. The molecular formula is C13H18ClN3O2. The summed E-state index contributed by atoms with van der Waals surface area (Å²) in [6.45, 7) is 2.63. The second-order valence-corrected chi connectivity index (χ2v) is 4.58. The molecule has 0 atom stereocenters. The Hall–Kier alpha value is -1.75. The number of rotatable bonds is 6. The van der Waals surface area contributed by atoms with Crippen molar-refractivity contribution in [1.82, 2.24) is 4.90 Å². The van der Waals surface area contributed by atoms with Gasteiger partial charge in [0.05, 0.1) is 13.0 Å². The van der Waals surface area contributed by atoms with Crippen LogP contribution in [0.2, 0.25) is 5.02 Å². The van der Waals surface area contributed by atoms with Gasteiger partial charge in [-0.2, -0.15) is 0 Å². The van der Waals surface area contributed by atoms with Crippen LogP contribution >= 0.6 is 11.6 Å². The van der Waals surface area contributed by atoms with Gasteiger partial charge in [-0.3, -0.25) is 4.79 Å². The first-order valence-corrected chi connectivity index (χ1v) is 6.43. The number of carbonyl (C=O) groups excluding carboxylic acids is 1. The van der Waals surface area contributed by atoms with Crippen LogP contribution in [-0.2, 0) is 11.2 Å². The summed E-state index contributed by atoms with van der Waals surface area (Å²) in [5, 5.41) is 12.0. The van der Waals surface area contributed by atoms with Gasteiger partial charge in [0.15, 0.2) is 5.84 Å². The lowest BCUT2D eigenvalue weighted by Gasteiger charge is -2.21. The summed E-state index contributed by atoms with van der Waals surface area (Å²) >= 11 is 6.02. The molecule has 0 heterocycles. The van der Waals surface area contributed by atoms with Crippen LogP contribution in [0, 0.1) is 0 Å². The van der Waals surface area contributed by atoms with Crippen molar-refractivity contribution in [1.29, 1.82) is 0 Å². The van der Waals surface area contributed by atoms with Gasteiger partial charge in [0, 0.05) is 11.6 Å². The zero-order valence-corrected chi connectivity index (χ0v) is 11.6. The number of carbonyl (C=O) groups is 1. The Morgan fingerprint density at radius 2 is 2.16 bits per heavy atom. The van der Waals surface area contributed by atoms with E-state index in [1.165, 1.54) is 0 Å². The van der Waals surface area contributed by atoms with Gasteiger partial charge in [-0.25, -0.2) is 0 Å². The largest absolute Gasteiger partial charge is 0.409 e. The molecule has 1 rings (SSSR count). The van der Waals surface area contributed by atoms with Crippen molar-refractivity contribution in [3.8, 4) is 0 Å². The van der Waals surface area contributed by atoms with E-state index in [2.05, 4.69) is 5.16 Å². The Morgan fingerprint density at radius 1 is 1.47 bits per heavy atom. The lowest BCUT2D eigenvalue weighted by molar-refractivity contribution is -0.129. The molecule has 1 amide bonds. The highest BCUT2D eigenvalue weighted by Crippen LogP contribution is 2.16. The Balaban J connectivity index is 2.75. The van der Waals surface area contributed by atoms with Crippen LogP contribution in [0.4, 0.5) is 0 Å². The fourth-order valence-electron chi connectivity index (χ4n) is 1.71. The monoisotopic (exact) mass is 283 g/mol. The molecule has 0 aromatic heterocycles. The molecule has 0 saturated carbocycles. The fourth-order valence-corrected chi connectivity index (χ4v) is 1.91. The molecule has 0 spiro atoms. The predicted octanol–water partition coefficient (Wildman–Crippen LogP) is 1.87. The van der Waals surface area contributed by atoms with Crippen molar-refractivity contribution >= 4 is 23.3 Å². The average Bonchev–Trinajstić information content (AvgIpc) is 2.40. The number of oxime groups is 1. The van der Waals surface area contributed by atoms with E-state index in [-0.39, 0.29) is 24.7 Å². The molecular weight excluding hydrogens is 266 g/mol. The number of halogens is 1. The number of nitrogens with two attached hydrogens (primary N) is 1. The zero-order chi connectivity index (χ0) is 14.3. The van der Waals surface area contributed by atoms with Crippen LogP contribution in [0.3, 0.4) is 0 Å². The first kappa shape index (κ1) is 15.3. The summed E-state index contributed by atoms with van der Waals surface area (Å²) in [7, 11) is 0. The molecule has 0 fully saturated rings. The summed E-state index contributed by atoms with van der Waals surface area (Å²) in [6, 6.07) is 7.21. The Bertz CT molecular complexity index is 463. The topological polar surface area (TPSA) is 78.9 Å². The maximum Gasteiger partial charge on any atom is 0.227 e. The Morgan fingerprint density at radius 3 is 2.74 bits per heavy atom. The molecule has 6 heteroatoms. The van der Waals surface area contributed by atoms with Crippen LogP contribution < -0.4 is 5.73 Å². The molecule has 5 nitrogen and oxygen atoms in total. The minimum absolute atomic E-state index is 0.0148. The quantitative estimate of drug-likeness (QED) is 0.362. The molecule has 0 aliphatic carbocycles. The fraction of sp³-hybridized carbons (Fsp3) is 0.385. The number of hydrogen-bond acceptors (Lipinski definition) is 3. The SMILES string of the molecule is CCCN(CC(N)=NO)C(=O)Cc1ccccc1Cl. The summed E-state index contributed by atoms with van der Waals surface area (Å²) in [4.78, 5) is 13.7. The van der Waals surface area contributed by atoms with Gasteiger partial charge in [-0.05, 0) is 18.1 Å². The van der Waals surface area contributed by atoms with Crippen molar-refractivity contribution < 1.29 is 10.0 Å². The molecule has 0 bridgehead atoms. The third kappa shape index (κ3) is 4.79. The van der Waals surface area contributed by atoms with Crippen LogP contribution in [0.1, 0.15) is 18.9 Å². The van der Waals surface area contributed by atoms with Gasteiger partial charge >= 0.3 is 0 Å². The molecule has 0 aliphatic heterocycles. The summed E-state index contributed by atoms with van der Waals surface area (Å²) in [5.41, 5.74) is 6.22. The average molecular weight is 284 g/mol. The van der Waals surface area contributed by atoms with Crippen LogP contribution in [-0.4, -0.2) is 34.9 Å². The molecule has 0 saturated heterocycles. The lowest BCUT2D eigenvalue weighted by Crippen LogP contribution is -2.39. The van der Waals surface area contributed by atoms with Gasteiger partial charge in [0.2, 0.25) is 5.91 Å². The summed E-state index contributed by atoms with van der Waals surface area (Å²) in [6.07, 6.45) is 1.01. The summed E-state index contributed by atoms with van der Waals surface area (Å²) < 4.78 is 0. The zero-order valence-electron chi connectivity index (χ0n) is 10.8. The molecule has 0 unspecified atom stereocenters. The van der Waals surface area contributed by atoms with Gasteiger partial charge < -0.3 is 15.8 Å². The summed E-state index contributed by atoms with van der Waals surface area (Å²) in [5.74, 6) is -0.0810. The van der Waals surface area contributed by atoms with E-state index in [0.717, 1.165) is 12.0 Å². The van der Waals surface area contributed by atoms with Crippen molar-refractivity contribution in [2.24, 2.45) is 10.9 Å². The van der Waals surface area contributed by atoms with E-state index in [4.69, 9.17) is 22.5 Å². The molecule has 3 N–H and O–H groups in total. The number of benzene rings is 1. The van der Waals surface area contributed by atoms with E-state index >= 15 is 0 Å². The number of nitrogens with zero attached hydrogens (tertiary/aromatic N) is 2. The molecule has 104 valence electrons. The van der Waals surface area contributed by atoms with Gasteiger partial charge in [-0.15, -0.1) is 0 Å².